The van der Waals surface area contributed by atoms with Gasteiger partial charge in [0.25, 0.3) is 0 Å². The van der Waals surface area contributed by atoms with E-state index in [0.717, 1.165) is 30.8 Å². The molecule has 0 bridgehead atoms. The second-order valence-electron chi connectivity index (χ2n) is 16.7. The van der Waals surface area contributed by atoms with Gasteiger partial charge in [-0.05, 0) is 68.6 Å². The molecule has 3 atom stereocenters. The van der Waals surface area contributed by atoms with Crippen LogP contribution in [0.15, 0.2) is 35.1 Å². The van der Waals surface area contributed by atoms with Gasteiger partial charge in [0.1, 0.15) is 11.5 Å². The van der Waals surface area contributed by atoms with Gasteiger partial charge in [-0.15, -0.1) is 0 Å². The third-order valence-electron chi connectivity index (χ3n) is 8.92. The van der Waals surface area contributed by atoms with Gasteiger partial charge < -0.3 is 9.05 Å². The van der Waals surface area contributed by atoms with Crippen molar-refractivity contribution in [2.75, 3.05) is 6.61 Å². The molecule has 0 N–H and O–H groups in total. The van der Waals surface area contributed by atoms with Crippen LogP contribution in [0.1, 0.15) is 146 Å². The summed E-state index contributed by atoms with van der Waals surface area (Å²) in [7, 11) is -1.61. The van der Waals surface area contributed by atoms with Gasteiger partial charge in [0, 0.05) is 12.0 Å². The molecule has 3 nitrogen and oxygen atoms in total. The quantitative estimate of drug-likeness (QED) is 0.298. The molecule has 3 unspecified atom stereocenters. The van der Waals surface area contributed by atoms with Crippen molar-refractivity contribution in [3.8, 4) is 5.75 Å². The normalized spacial score (nSPS) is 21.2. The second-order valence-corrected chi connectivity index (χ2v) is 17.8. The lowest BCUT2D eigenvalue weighted by molar-refractivity contribution is 0.186. The molecule has 0 aromatic heterocycles. The molecule has 0 spiro atoms. The molecule has 1 aliphatic heterocycles. The van der Waals surface area contributed by atoms with Gasteiger partial charge in [0.15, 0.2) is 0 Å². The van der Waals surface area contributed by atoms with Crippen molar-refractivity contribution in [1.29, 1.82) is 0 Å². The molecule has 0 saturated carbocycles. The Labute approximate surface area is 254 Å². The molecule has 0 radical (unpaired) electrons. The van der Waals surface area contributed by atoms with Crippen molar-refractivity contribution < 1.29 is 13.6 Å². The summed E-state index contributed by atoms with van der Waals surface area (Å²) in [6.45, 7) is 33.1. The predicted molar refractivity (Wildman–Crippen MR) is 178 cm³/mol. The van der Waals surface area contributed by atoms with E-state index in [1.807, 2.05) is 0 Å². The van der Waals surface area contributed by atoms with E-state index in [1.54, 1.807) is 0 Å². The molecule has 0 fully saturated rings. The standard InChI is InChI=1S/C37H61O3P/c1-15-17-18-25(16-2)24-38-41-39-32-26(20-28(34(3,4)5)22-30(32)36(9,10)11)19-27-21-29(35(6,7)8)23-31(33(27)40-41)37(12,13)14/h20-22,25,29H,15-19,23-24H2,1-14H3. The first kappa shape index (κ1) is 34.2. The highest BCUT2D eigenvalue weighted by Gasteiger charge is 2.39. The number of unbranched alkanes of at least 4 members (excludes halogenated alkanes) is 1. The number of hydrogen-bond acceptors (Lipinski definition) is 3. The fourth-order valence-corrected chi connectivity index (χ4v) is 6.96. The maximum Gasteiger partial charge on any atom is 0.463 e. The van der Waals surface area contributed by atoms with Gasteiger partial charge in [-0.2, -0.15) is 0 Å². The van der Waals surface area contributed by atoms with E-state index in [9.17, 15) is 0 Å². The highest BCUT2D eigenvalue weighted by Crippen LogP contribution is 2.56. The van der Waals surface area contributed by atoms with Gasteiger partial charge in [-0.1, -0.05) is 134 Å². The molecule has 1 heterocycles. The van der Waals surface area contributed by atoms with Gasteiger partial charge in [0.05, 0.1) is 6.61 Å². The lowest BCUT2D eigenvalue weighted by Crippen LogP contribution is -2.29. The maximum absolute atomic E-state index is 6.95. The van der Waals surface area contributed by atoms with Crippen LogP contribution in [0.2, 0.25) is 0 Å². The Kier molecular flexibility index (Phi) is 10.6. The predicted octanol–water partition coefficient (Wildman–Crippen LogP) is 12.0. The summed E-state index contributed by atoms with van der Waals surface area (Å²) >= 11 is 0. The second kappa shape index (κ2) is 12.7. The van der Waals surface area contributed by atoms with Crippen molar-refractivity contribution in [3.63, 3.8) is 0 Å². The number of benzene rings is 1. The monoisotopic (exact) mass is 584 g/mol. The van der Waals surface area contributed by atoms with Crippen LogP contribution in [0, 0.1) is 22.7 Å². The van der Waals surface area contributed by atoms with Crippen LogP contribution < -0.4 is 4.52 Å². The summed E-state index contributed by atoms with van der Waals surface area (Å²) in [5.74, 6) is 2.95. The largest absolute Gasteiger partial charge is 0.463 e. The Balaban J connectivity index is 2.24. The average Bonchev–Trinajstić information content (AvgIpc) is 2.81. The zero-order chi connectivity index (χ0) is 31.0. The van der Waals surface area contributed by atoms with Crippen molar-refractivity contribution in [1.82, 2.24) is 0 Å². The molecular formula is C37H61O3P. The number of allylic oxidation sites excluding steroid dienone is 3. The van der Waals surface area contributed by atoms with E-state index in [1.165, 1.54) is 47.1 Å². The highest BCUT2D eigenvalue weighted by atomic mass is 31.2. The Morgan fingerprint density at radius 2 is 1.54 bits per heavy atom. The number of hydrogen-bond donors (Lipinski definition) is 0. The zero-order valence-electron chi connectivity index (χ0n) is 29.0. The molecule has 232 valence electrons. The topological polar surface area (TPSA) is 27.7 Å². The van der Waals surface area contributed by atoms with E-state index in [-0.39, 0.29) is 21.7 Å². The number of rotatable bonds is 7. The summed E-state index contributed by atoms with van der Waals surface area (Å²) in [6, 6.07) is 4.77. The fourth-order valence-electron chi connectivity index (χ4n) is 5.75. The van der Waals surface area contributed by atoms with E-state index >= 15 is 0 Å². The van der Waals surface area contributed by atoms with Crippen LogP contribution in [0.25, 0.3) is 0 Å². The van der Waals surface area contributed by atoms with Crippen LogP contribution in [0.4, 0.5) is 0 Å². The van der Waals surface area contributed by atoms with Crippen molar-refractivity contribution >= 4 is 8.60 Å². The van der Waals surface area contributed by atoms with Crippen LogP contribution in [-0.4, -0.2) is 6.61 Å². The SMILES string of the molecule is CCCCC(CC)COP1OC2=C(C(C)(C)C)CC(C(C)(C)C)C=C2Cc2cc(C(C)(C)C)cc(C(C)(C)C)c2O1. The van der Waals surface area contributed by atoms with E-state index in [4.69, 9.17) is 13.6 Å². The van der Waals surface area contributed by atoms with Gasteiger partial charge in [-0.25, -0.2) is 0 Å². The lowest BCUT2D eigenvalue weighted by Gasteiger charge is -2.40. The van der Waals surface area contributed by atoms with E-state index in [0.29, 0.717) is 18.4 Å². The van der Waals surface area contributed by atoms with Crippen LogP contribution in [0.3, 0.4) is 0 Å². The van der Waals surface area contributed by atoms with Crippen molar-refractivity contribution in [2.45, 2.75) is 146 Å². The molecule has 41 heavy (non-hydrogen) atoms. The molecule has 1 aromatic rings. The maximum atomic E-state index is 6.95. The van der Waals surface area contributed by atoms with Crippen molar-refractivity contribution in [3.05, 3.63) is 51.8 Å². The Morgan fingerprint density at radius 1 is 0.878 bits per heavy atom. The Bertz CT molecular complexity index is 1120. The molecule has 4 heteroatoms. The molecule has 0 saturated heterocycles. The summed E-state index contributed by atoms with van der Waals surface area (Å²) in [4.78, 5) is 0. The molecule has 2 aliphatic rings. The summed E-state index contributed by atoms with van der Waals surface area (Å²) in [5, 5.41) is 0. The Morgan fingerprint density at radius 3 is 2.05 bits per heavy atom. The fraction of sp³-hybridized carbons (Fsp3) is 0.730. The van der Waals surface area contributed by atoms with Crippen LogP contribution >= 0.6 is 8.60 Å². The van der Waals surface area contributed by atoms with E-state index < -0.39 is 8.60 Å². The molecule has 0 amide bonds. The highest BCUT2D eigenvalue weighted by molar-refractivity contribution is 7.42. The zero-order valence-corrected chi connectivity index (χ0v) is 29.9. The molecule has 1 aliphatic carbocycles. The Hall–Kier alpha value is -1.31. The van der Waals surface area contributed by atoms with Gasteiger partial charge >= 0.3 is 8.60 Å². The summed E-state index contributed by atoms with van der Waals surface area (Å²) in [6.07, 6.45) is 9.06. The van der Waals surface area contributed by atoms with Crippen molar-refractivity contribution in [2.24, 2.45) is 22.7 Å². The smallest absolute Gasteiger partial charge is 0.417 e. The van der Waals surface area contributed by atoms with E-state index in [2.05, 4.69) is 115 Å². The molecule has 1 aromatic carbocycles. The first-order chi connectivity index (χ1) is 18.8. The summed E-state index contributed by atoms with van der Waals surface area (Å²) in [5.41, 5.74) is 6.64. The first-order valence-corrected chi connectivity index (χ1v) is 17.3. The van der Waals surface area contributed by atoms with Crippen LogP contribution in [-0.2, 0) is 26.3 Å². The average molecular weight is 585 g/mol. The van der Waals surface area contributed by atoms with Gasteiger partial charge in [0.2, 0.25) is 0 Å². The number of fused-ring (bicyclic) bond motifs is 2. The van der Waals surface area contributed by atoms with Crippen LogP contribution in [0.5, 0.6) is 5.75 Å². The third kappa shape index (κ3) is 8.63. The van der Waals surface area contributed by atoms with Gasteiger partial charge in [-0.3, -0.25) is 4.52 Å². The molecule has 3 rings (SSSR count). The molecular weight excluding hydrogens is 523 g/mol. The third-order valence-corrected chi connectivity index (χ3v) is 9.94. The minimum atomic E-state index is -1.61. The first-order valence-electron chi connectivity index (χ1n) is 16.2. The lowest BCUT2D eigenvalue weighted by atomic mass is 9.68. The summed E-state index contributed by atoms with van der Waals surface area (Å²) < 4.78 is 20.5. The minimum Gasteiger partial charge on any atom is -0.417 e. The minimum absolute atomic E-state index is 0.0156.